The van der Waals surface area contributed by atoms with E-state index in [0.29, 0.717) is 12.2 Å². The third-order valence-corrected chi connectivity index (χ3v) is 2.57. The lowest BCUT2D eigenvalue weighted by atomic mass is 10.2. The van der Waals surface area contributed by atoms with Crippen molar-refractivity contribution < 1.29 is 19.4 Å². The Hall–Kier alpha value is -2.08. The van der Waals surface area contributed by atoms with Crippen LogP contribution in [0.5, 0.6) is 0 Å². The molecule has 17 heavy (non-hydrogen) atoms. The third kappa shape index (κ3) is 2.21. The van der Waals surface area contributed by atoms with Crippen molar-refractivity contribution in [3.63, 3.8) is 0 Å². The van der Waals surface area contributed by atoms with Crippen molar-refractivity contribution in [2.45, 2.75) is 12.6 Å². The summed E-state index contributed by atoms with van der Waals surface area (Å²) in [5, 5.41) is 8.76. The SMILES string of the molecule is NCc1ccc(N2CC(C(=O)O)OC2=O)cc1. The van der Waals surface area contributed by atoms with E-state index in [2.05, 4.69) is 0 Å². The number of hydrogen-bond donors (Lipinski definition) is 2. The van der Waals surface area contributed by atoms with Crippen molar-refractivity contribution in [1.82, 2.24) is 0 Å². The fourth-order valence-electron chi connectivity index (χ4n) is 1.61. The molecule has 6 heteroatoms. The van der Waals surface area contributed by atoms with Crippen molar-refractivity contribution in [2.24, 2.45) is 5.73 Å². The fraction of sp³-hybridized carbons (Fsp3) is 0.273. The molecule has 1 aliphatic heterocycles. The van der Waals surface area contributed by atoms with Crippen molar-refractivity contribution in [3.8, 4) is 0 Å². The summed E-state index contributed by atoms with van der Waals surface area (Å²) >= 11 is 0. The Morgan fingerprint density at radius 3 is 2.59 bits per heavy atom. The molecule has 0 aliphatic carbocycles. The maximum Gasteiger partial charge on any atom is 0.415 e. The van der Waals surface area contributed by atoms with Crippen molar-refractivity contribution in [1.29, 1.82) is 0 Å². The molecule has 1 aromatic carbocycles. The standard InChI is InChI=1S/C11H12N2O4/c12-5-7-1-3-8(4-2-7)13-6-9(10(14)15)17-11(13)16/h1-4,9H,5-6,12H2,(H,14,15). The molecule has 1 aromatic rings. The van der Waals surface area contributed by atoms with Gasteiger partial charge in [0.2, 0.25) is 6.10 Å². The second-order valence-corrected chi connectivity index (χ2v) is 3.69. The maximum absolute atomic E-state index is 11.5. The van der Waals surface area contributed by atoms with Gasteiger partial charge in [-0.05, 0) is 17.7 Å². The third-order valence-electron chi connectivity index (χ3n) is 2.57. The van der Waals surface area contributed by atoms with Gasteiger partial charge in [-0.25, -0.2) is 9.59 Å². The largest absolute Gasteiger partial charge is 0.478 e. The van der Waals surface area contributed by atoms with E-state index in [9.17, 15) is 9.59 Å². The molecule has 90 valence electrons. The summed E-state index contributed by atoms with van der Waals surface area (Å²) in [6, 6.07) is 7.01. The highest BCUT2D eigenvalue weighted by molar-refractivity contribution is 5.93. The van der Waals surface area contributed by atoms with E-state index < -0.39 is 18.2 Å². The highest BCUT2D eigenvalue weighted by Gasteiger charge is 2.36. The minimum Gasteiger partial charge on any atom is -0.478 e. The van der Waals surface area contributed by atoms with E-state index in [4.69, 9.17) is 15.6 Å². The maximum atomic E-state index is 11.5. The van der Waals surface area contributed by atoms with Gasteiger partial charge in [-0.1, -0.05) is 12.1 Å². The van der Waals surface area contributed by atoms with Gasteiger partial charge in [-0.2, -0.15) is 0 Å². The lowest BCUT2D eigenvalue weighted by molar-refractivity contribution is -0.144. The molecule has 2 rings (SSSR count). The number of benzene rings is 1. The van der Waals surface area contributed by atoms with Crippen LogP contribution in [0, 0.1) is 0 Å². The molecule has 1 fully saturated rings. The molecule has 1 saturated heterocycles. The topological polar surface area (TPSA) is 92.9 Å². The summed E-state index contributed by atoms with van der Waals surface area (Å²) < 4.78 is 4.71. The number of anilines is 1. The van der Waals surface area contributed by atoms with E-state index in [1.807, 2.05) is 0 Å². The van der Waals surface area contributed by atoms with Gasteiger partial charge in [0.15, 0.2) is 0 Å². The predicted molar refractivity (Wildman–Crippen MR) is 59.6 cm³/mol. The molecule has 1 aliphatic rings. The quantitative estimate of drug-likeness (QED) is 0.799. The Labute approximate surface area is 97.6 Å². The summed E-state index contributed by atoms with van der Waals surface area (Å²) in [5.41, 5.74) is 7.01. The second-order valence-electron chi connectivity index (χ2n) is 3.69. The lowest BCUT2D eigenvalue weighted by Gasteiger charge is -2.12. The first kappa shape index (κ1) is 11.4. The number of aliphatic carboxylic acids is 1. The van der Waals surface area contributed by atoms with E-state index in [1.54, 1.807) is 24.3 Å². The number of carbonyl (C=O) groups is 2. The normalized spacial score (nSPS) is 19.2. The molecule has 0 aromatic heterocycles. The average Bonchev–Trinajstić information content (AvgIpc) is 2.72. The molecule has 1 atom stereocenters. The van der Waals surface area contributed by atoms with Gasteiger partial charge in [0.1, 0.15) is 0 Å². The van der Waals surface area contributed by atoms with Gasteiger partial charge in [-0.15, -0.1) is 0 Å². The predicted octanol–water partition coefficient (Wildman–Crippen LogP) is 0.555. The Morgan fingerprint density at radius 1 is 1.47 bits per heavy atom. The van der Waals surface area contributed by atoms with Gasteiger partial charge in [-0.3, -0.25) is 4.90 Å². The van der Waals surface area contributed by atoms with Gasteiger partial charge in [0, 0.05) is 12.2 Å². The molecule has 0 saturated carbocycles. The van der Waals surface area contributed by atoms with Crippen LogP contribution >= 0.6 is 0 Å². The molecule has 1 amide bonds. The zero-order chi connectivity index (χ0) is 12.4. The molecule has 0 bridgehead atoms. The Kier molecular flexibility index (Phi) is 2.97. The number of carboxylic acid groups (broad SMARTS) is 1. The van der Waals surface area contributed by atoms with Gasteiger partial charge in [0.25, 0.3) is 0 Å². The van der Waals surface area contributed by atoms with Crippen LogP contribution in [0.15, 0.2) is 24.3 Å². The summed E-state index contributed by atoms with van der Waals surface area (Å²) in [7, 11) is 0. The fourth-order valence-corrected chi connectivity index (χ4v) is 1.61. The van der Waals surface area contributed by atoms with Crippen molar-refractivity contribution >= 4 is 17.7 Å². The highest BCUT2D eigenvalue weighted by Crippen LogP contribution is 2.22. The number of carbonyl (C=O) groups excluding carboxylic acids is 1. The number of amides is 1. The number of ether oxygens (including phenoxy) is 1. The molecular formula is C11H12N2O4. The molecular weight excluding hydrogens is 224 g/mol. The van der Waals surface area contributed by atoms with Crippen LogP contribution in [0.2, 0.25) is 0 Å². The molecule has 1 heterocycles. The summed E-state index contributed by atoms with van der Waals surface area (Å²) in [5.74, 6) is -1.14. The number of hydrogen-bond acceptors (Lipinski definition) is 4. The van der Waals surface area contributed by atoms with Gasteiger partial charge < -0.3 is 15.6 Å². The number of carboxylic acids is 1. The average molecular weight is 236 g/mol. The zero-order valence-corrected chi connectivity index (χ0v) is 9.00. The van der Waals surface area contributed by atoms with Crippen LogP contribution in [-0.2, 0) is 16.1 Å². The van der Waals surface area contributed by atoms with Crippen LogP contribution in [0.1, 0.15) is 5.56 Å². The monoisotopic (exact) mass is 236 g/mol. The van der Waals surface area contributed by atoms with E-state index in [-0.39, 0.29) is 6.54 Å². The number of nitrogens with zero attached hydrogens (tertiary/aromatic N) is 1. The number of cyclic esters (lactones) is 1. The van der Waals surface area contributed by atoms with Crippen LogP contribution in [0.3, 0.4) is 0 Å². The van der Waals surface area contributed by atoms with Crippen LogP contribution < -0.4 is 10.6 Å². The molecule has 0 radical (unpaired) electrons. The summed E-state index contributed by atoms with van der Waals surface area (Å²) in [4.78, 5) is 23.5. The first-order valence-corrected chi connectivity index (χ1v) is 5.12. The molecule has 3 N–H and O–H groups in total. The van der Waals surface area contributed by atoms with Gasteiger partial charge >= 0.3 is 12.1 Å². The lowest BCUT2D eigenvalue weighted by Crippen LogP contribution is -2.27. The smallest absolute Gasteiger partial charge is 0.415 e. The van der Waals surface area contributed by atoms with E-state index >= 15 is 0 Å². The van der Waals surface area contributed by atoms with Crippen LogP contribution in [0.25, 0.3) is 0 Å². The molecule has 1 unspecified atom stereocenters. The number of nitrogens with two attached hydrogens (primary N) is 1. The molecule has 6 nitrogen and oxygen atoms in total. The highest BCUT2D eigenvalue weighted by atomic mass is 16.6. The Morgan fingerprint density at radius 2 is 2.12 bits per heavy atom. The number of rotatable bonds is 3. The second kappa shape index (κ2) is 4.42. The Balaban J connectivity index is 2.17. The zero-order valence-electron chi connectivity index (χ0n) is 9.00. The molecule has 0 spiro atoms. The van der Waals surface area contributed by atoms with Gasteiger partial charge in [0.05, 0.1) is 6.54 Å². The van der Waals surface area contributed by atoms with Crippen LogP contribution in [0.4, 0.5) is 10.5 Å². The Bertz CT molecular complexity index is 443. The summed E-state index contributed by atoms with van der Waals surface area (Å²) in [6.45, 7) is 0.443. The van der Waals surface area contributed by atoms with E-state index in [0.717, 1.165) is 5.56 Å². The first-order valence-electron chi connectivity index (χ1n) is 5.12. The van der Waals surface area contributed by atoms with Crippen molar-refractivity contribution in [3.05, 3.63) is 29.8 Å². The van der Waals surface area contributed by atoms with E-state index in [1.165, 1.54) is 4.90 Å². The minimum atomic E-state index is -1.14. The minimum absolute atomic E-state index is 0.0239. The van der Waals surface area contributed by atoms with Crippen molar-refractivity contribution in [2.75, 3.05) is 11.4 Å². The van der Waals surface area contributed by atoms with Crippen LogP contribution in [-0.4, -0.2) is 29.8 Å². The summed E-state index contributed by atoms with van der Waals surface area (Å²) in [6.07, 6.45) is -1.74. The first-order chi connectivity index (χ1) is 8.11.